The van der Waals surface area contributed by atoms with Crippen LogP contribution in [0.15, 0.2) is 35.2 Å². The predicted octanol–water partition coefficient (Wildman–Crippen LogP) is 2.77. The van der Waals surface area contributed by atoms with Gasteiger partial charge in [-0.25, -0.2) is 8.42 Å². The van der Waals surface area contributed by atoms with Gasteiger partial charge in [-0.1, -0.05) is 11.6 Å². The third-order valence-electron chi connectivity index (χ3n) is 3.17. The lowest BCUT2D eigenvalue weighted by Crippen LogP contribution is -2.14. The molecule has 134 valence electrons. The van der Waals surface area contributed by atoms with Crippen molar-refractivity contribution < 1.29 is 27.9 Å². The van der Waals surface area contributed by atoms with Gasteiger partial charge in [-0.15, -0.1) is 0 Å². The highest BCUT2D eigenvalue weighted by Crippen LogP contribution is 2.37. The van der Waals surface area contributed by atoms with E-state index in [1.165, 1.54) is 26.4 Å². The van der Waals surface area contributed by atoms with Crippen molar-refractivity contribution in [3.05, 3.63) is 45.5 Å². The first-order valence-corrected chi connectivity index (χ1v) is 8.47. The molecule has 0 unspecified atom stereocenters. The van der Waals surface area contributed by atoms with Crippen LogP contribution in [0.5, 0.6) is 17.2 Å². The minimum atomic E-state index is -4.20. The SMILES string of the molecule is COc1cc(NS(=O)(=O)c2ccc(O)c([N+](=O)[O-])c2)c(OC)cc1Cl. The highest BCUT2D eigenvalue weighted by molar-refractivity contribution is 7.92. The second kappa shape index (κ2) is 7.03. The van der Waals surface area contributed by atoms with Crippen LogP contribution in [0.3, 0.4) is 0 Å². The first-order chi connectivity index (χ1) is 11.7. The number of ether oxygens (including phenoxy) is 2. The molecule has 0 radical (unpaired) electrons. The van der Waals surface area contributed by atoms with Gasteiger partial charge in [0.2, 0.25) is 0 Å². The number of phenols is 1. The van der Waals surface area contributed by atoms with E-state index < -0.39 is 31.3 Å². The third-order valence-corrected chi connectivity index (χ3v) is 4.83. The Morgan fingerprint density at radius 2 is 1.80 bits per heavy atom. The lowest BCUT2D eigenvalue weighted by molar-refractivity contribution is -0.386. The number of hydrogen-bond donors (Lipinski definition) is 2. The number of methoxy groups -OCH3 is 2. The minimum Gasteiger partial charge on any atom is -0.502 e. The highest BCUT2D eigenvalue weighted by Gasteiger charge is 2.23. The van der Waals surface area contributed by atoms with E-state index in [1.807, 2.05) is 0 Å². The summed E-state index contributed by atoms with van der Waals surface area (Å²) in [6, 6.07) is 5.37. The summed E-state index contributed by atoms with van der Waals surface area (Å²) >= 11 is 5.96. The van der Waals surface area contributed by atoms with Crippen LogP contribution in [-0.2, 0) is 10.0 Å². The number of rotatable bonds is 6. The molecule has 0 spiro atoms. The van der Waals surface area contributed by atoms with Crippen molar-refractivity contribution in [1.82, 2.24) is 0 Å². The van der Waals surface area contributed by atoms with Crippen molar-refractivity contribution in [2.45, 2.75) is 4.90 Å². The molecule has 0 aromatic heterocycles. The standard InChI is InChI=1S/C14H13ClN2O7S/c1-23-13-7-10(14(24-2)6-9(13)15)16-25(21,22)8-3-4-12(18)11(5-8)17(19)20/h3-7,16,18H,1-2H3. The van der Waals surface area contributed by atoms with Crippen LogP contribution in [0, 0.1) is 10.1 Å². The monoisotopic (exact) mass is 388 g/mol. The number of aromatic hydroxyl groups is 1. The molecular weight excluding hydrogens is 376 g/mol. The Morgan fingerprint density at radius 3 is 2.36 bits per heavy atom. The molecule has 0 fully saturated rings. The maximum absolute atomic E-state index is 12.5. The molecule has 0 aliphatic heterocycles. The van der Waals surface area contributed by atoms with E-state index in [9.17, 15) is 23.6 Å². The number of anilines is 1. The average Bonchev–Trinajstić information content (AvgIpc) is 2.55. The summed E-state index contributed by atoms with van der Waals surface area (Å²) in [5.74, 6) is -0.311. The predicted molar refractivity (Wildman–Crippen MR) is 90.1 cm³/mol. The minimum absolute atomic E-state index is 0.0273. The Kier molecular flexibility index (Phi) is 5.24. The second-order valence-electron chi connectivity index (χ2n) is 4.70. The Bertz CT molecular complexity index is 931. The van der Waals surface area contributed by atoms with Gasteiger partial charge in [0.25, 0.3) is 10.0 Å². The molecule has 0 saturated heterocycles. The molecular formula is C14H13ClN2O7S. The number of hydrogen-bond acceptors (Lipinski definition) is 7. The molecule has 11 heteroatoms. The van der Waals surface area contributed by atoms with Gasteiger partial charge in [0.1, 0.15) is 11.5 Å². The number of benzene rings is 2. The summed E-state index contributed by atoms with van der Waals surface area (Å²) < 4.78 is 37.3. The van der Waals surface area contributed by atoms with E-state index in [1.54, 1.807) is 0 Å². The molecule has 0 bridgehead atoms. The quantitative estimate of drug-likeness (QED) is 0.575. The number of halogens is 1. The van der Waals surface area contributed by atoms with Crippen LogP contribution in [0.1, 0.15) is 0 Å². The topological polar surface area (TPSA) is 128 Å². The van der Waals surface area contributed by atoms with Crippen molar-refractivity contribution >= 4 is 33.0 Å². The maximum atomic E-state index is 12.5. The molecule has 2 aromatic carbocycles. The zero-order valence-electron chi connectivity index (χ0n) is 13.0. The van der Waals surface area contributed by atoms with Crippen molar-refractivity contribution in [2.75, 3.05) is 18.9 Å². The number of nitro groups is 1. The lowest BCUT2D eigenvalue weighted by atomic mass is 10.3. The van der Waals surface area contributed by atoms with Crippen LogP contribution >= 0.6 is 11.6 Å². The largest absolute Gasteiger partial charge is 0.502 e. The molecule has 0 amide bonds. The molecule has 9 nitrogen and oxygen atoms in total. The van der Waals surface area contributed by atoms with Crippen LogP contribution in [0.4, 0.5) is 11.4 Å². The van der Waals surface area contributed by atoms with Gasteiger partial charge in [0, 0.05) is 18.2 Å². The van der Waals surface area contributed by atoms with Crippen LogP contribution in [0.25, 0.3) is 0 Å². The van der Waals surface area contributed by atoms with Gasteiger partial charge in [-0.2, -0.15) is 0 Å². The van der Waals surface area contributed by atoms with Gasteiger partial charge in [-0.05, 0) is 12.1 Å². The van der Waals surface area contributed by atoms with Gasteiger partial charge in [0.15, 0.2) is 5.75 Å². The summed E-state index contributed by atoms with van der Waals surface area (Å²) in [5, 5.41) is 20.5. The van der Waals surface area contributed by atoms with Gasteiger partial charge < -0.3 is 14.6 Å². The van der Waals surface area contributed by atoms with Crippen molar-refractivity contribution in [3.8, 4) is 17.2 Å². The van der Waals surface area contributed by atoms with E-state index in [-0.39, 0.29) is 22.2 Å². The number of nitrogens with one attached hydrogen (secondary N) is 1. The molecule has 2 rings (SSSR count). The Morgan fingerprint density at radius 1 is 1.16 bits per heavy atom. The summed E-state index contributed by atoms with van der Waals surface area (Å²) in [6.07, 6.45) is 0. The molecule has 0 aliphatic rings. The van der Waals surface area contributed by atoms with E-state index >= 15 is 0 Å². The maximum Gasteiger partial charge on any atom is 0.312 e. The van der Waals surface area contributed by atoms with Crippen molar-refractivity contribution in [3.63, 3.8) is 0 Å². The lowest BCUT2D eigenvalue weighted by Gasteiger charge is -2.14. The molecule has 0 aliphatic carbocycles. The Hall–Kier alpha value is -2.72. The fourth-order valence-corrected chi connectivity index (χ4v) is 3.27. The molecule has 0 saturated carbocycles. The zero-order valence-corrected chi connectivity index (χ0v) is 14.6. The van der Waals surface area contributed by atoms with Crippen LogP contribution < -0.4 is 14.2 Å². The van der Waals surface area contributed by atoms with E-state index in [2.05, 4.69) is 4.72 Å². The third kappa shape index (κ3) is 3.86. The Labute approximate surface area is 148 Å². The number of nitro benzene ring substituents is 1. The van der Waals surface area contributed by atoms with Crippen LogP contribution in [0.2, 0.25) is 5.02 Å². The molecule has 25 heavy (non-hydrogen) atoms. The molecule has 2 aromatic rings. The molecule has 0 atom stereocenters. The van der Waals surface area contributed by atoms with Gasteiger partial charge in [0.05, 0.1) is 34.7 Å². The first kappa shape index (κ1) is 18.6. The summed E-state index contributed by atoms with van der Waals surface area (Å²) in [6.45, 7) is 0. The number of sulfonamides is 1. The second-order valence-corrected chi connectivity index (χ2v) is 6.79. The normalized spacial score (nSPS) is 11.0. The highest BCUT2D eigenvalue weighted by atomic mass is 35.5. The fourth-order valence-electron chi connectivity index (χ4n) is 1.96. The first-order valence-electron chi connectivity index (χ1n) is 6.61. The smallest absolute Gasteiger partial charge is 0.312 e. The van der Waals surface area contributed by atoms with Gasteiger partial charge in [-0.3, -0.25) is 14.8 Å². The van der Waals surface area contributed by atoms with Gasteiger partial charge >= 0.3 is 5.69 Å². The summed E-state index contributed by atoms with van der Waals surface area (Å²) in [4.78, 5) is 9.56. The number of phenolic OH excluding ortho intramolecular Hbond substituents is 1. The zero-order chi connectivity index (χ0) is 18.8. The number of nitrogens with zero attached hydrogens (tertiary/aromatic N) is 1. The summed E-state index contributed by atoms with van der Waals surface area (Å²) in [5.41, 5.74) is -0.706. The van der Waals surface area contributed by atoms with E-state index in [0.717, 1.165) is 18.2 Å². The summed E-state index contributed by atoms with van der Waals surface area (Å²) in [7, 11) is -1.52. The van der Waals surface area contributed by atoms with Crippen molar-refractivity contribution in [1.29, 1.82) is 0 Å². The molecule has 0 heterocycles. The average molecular weight is 389 g/mol. The van der Waals surface area contributed by atoms with E-state index in [0.29, 0.717) is 0 Å². The van der Waals surface area contributed by atoms with E-state index in [4.69, 9.17) is 21.1 Å². The van der Waals surface area contributed by atoms with Crippen molar-refractivity contribution in [2.24, 2.45) is 0 Å². The molecule has 2 N–H and O–H groups in total. The fraction of sp³-hybridized carbons (Fsp3) is 0.143. The van der Waals surface area contributed by atoms with Crippen LogP contribution in [-0.4, -0.2) is 32.7 Å². The Balaban J connectivity index is 2.49.